The SMILES string of the molecule is C[C@H](N[C@@H](C)Cc1ccc(Cl)cc1)C12C[C@@H]3C[C@@H](CC(O)(C3)C1)C2. The molecule has 0 aliphatic heterocycles. The zero-order valence-electron chi connectivity index (χ0n) is 14.9. The summed E-state index contributed by atoms with van der Waals surface area (Å²) < 4.78 is 0. The second kappa shape index (κ2) is 6.00. The minimum absolute atomic E-state index is 0.313. The molecular weight excluding hydrogens is 318 g/mol. The van der Waals surface area contributed by atoms with Gasteiger partial charge in [-0.25, -0.2) is 0 Å². The molecule has 24 heavy (non-hydrogen) atoms. The van der Waals surface area contributed by atoms with E-state index in [0.29, 0.717) is 17.5 Å². The first-order valence-corrected chi connectivity index (χ1v) is 9.97. The fraction of sp³-hybridized carbons (Fsp3) is 0.714. The lowest BCUT2D eigenvalue weighted by Crippen LogP contribution is -2.62. The van der Waals surface area contributed by atoms with Crippen molar-refractivity contribution in [3.8, 4) is 0 Å². The fourth-order valence-electron chi connectivity index (χ4n) is 6.43. The lowest BCUT2D eigenvalue weighted by atomic mass is 9.46. The van der Waals surface area contributed by atoms with E-state index in [2.05, 4.69) is 31.3 Å². The Hall–Kier alpha value is -0.570. The summed E-state index contributed by atoms with van der Waals surface area (Å²) >= 11 is 5.98. The zero-order chi connectivity index (χ0) is 16.9. The average Bonchev–Trinajstić information content (AvgIpc) is 2.47. The van der Waals surface area contributed by atoms with Gasteiger partial charge in [0.2, 0.25) is 0 Å². The van der Waals surface area contributed by atoms with Gasteiger partial charge in [0.25, 0.3) is 0 Å². The van der Waals surface area contributed by atoms with Gasteiger partial charge in [-0.1, -0.05) is 23.7 Å². The van der Waals surface area contributed by atoms with E-state index < -0.39 is 0 Å². The molecule has 0 radical (unpaired) electrons. The van der Waals surface area contributed by atoms with E-state index in [4.69, 9.17) is 11.6 Å². The zero-order valence-corrected chi connectivity index (χ0v) is 15.6. The summed E-state index contributed by atoms with van der Waals surface area (Å²) in [6, 6.07) is 9.10. The van der Waals surface area contributed by atoms with Crippen LogP contribution in [0, 0.1) is 17.3 Å². The average molecular weight is 348 g/mol. The Morgan fingerprint density at radius 1 is 1.12 bits per heavy atom. The van der Waals surface area contributed by atoms with Crippen LogP contribution in [0.3, 0.4) is 0 Å². The summed E-state index contributed by atoms with van der Waals surface area (Å²) in [5.41, 5.74) is 1.28. The maximum atomic E-state index is 11.0. The van der Waals surface area contributed by atoms with Crippen molar-refractivity contribution in [1.82, 2.24) is 5.32 Å². The molecule has 6 atom stereocenters. The summed E-state index contributed by atoms with van der Waals surface area (Å²) in [7, 11) is 0. The molecule has 4 aliphatic carbocycles. The molecule has 1 aromatic rings. The van der Waals surface area contributed by atoms with Crippen LogP contribution in [0.15, 0.2) is 24.3 Å². The number of hydrogen-bond donors (Lipinski definition) is 2. The number of hydrogen-bond acceptors (Lipinski definition) is 2. The summed E-state index contributed by atoms with van der Waals surface area (Å²) in [5, 5.41) is 15.6. The van der Waals surface area contributed by atoms with Crippen molar-refractivity contribution in [3.63, 3.8) is 0 Å². The molecule has 3 heteroatoms. The summed E-state index contributed by atoms with van der Waals surface area (Å²) in [6.07, 6.45) is 8.12. The predicted molar refractivity (Wildman–Crippen MR) is 99.3 cm³/mol. The molecule has 0 aromatic heterocycles. The van der Waals surface area contributed by atoms with Gasteiger partial charge >= 0.3 is 0 Å². The van der Waals surface area contributed by atoms with Gasteiger partial charge in [0.1, 0.15) is 0 Å². The molecule has 132 valence electrons. The molecule has 5 rings (SSSR count). The minimum atomic E-state index is -0.362. The third-order valence-electron chi connectivity index (χ3n) is 6.98. The van der Waals surface area contributed by atoms with Gasteiger partial charge in [0.15, 0.2) is 0 Å². The Morgan fingerprint density at radius 3 is 2.33 bits per heavy atom. The third kappa shape index (κ3) is 3.13. The molecule has 0 heterocycles. The molecule has 2 nitrogen and oxygen atoms in total. The molecule has 4 fully saturated rings. The van der Waals surface area contributed by atoms with Crippen LogP contribution in [-0.2, 0) is 6.42 Å². The maximum absolute atomic E-state index is 11.0. The normalized spacial score (nSPS) is 39.8. The standard InChI is InChI=1S/C21H30ClNO/c1-14(7-16-3-5-19(22)6-4-16)23-15(2)20-9-17-8-18(10-20)12-21(24,11-17)13-20/h3-6,14-15,17-18,23-24H,7-13H2,1-2H3/t14-,15-,17-,18+,20?,21?/m0/s1. The Kier molecular flexibility index (Phi) is 4.22. The van der Waals surface area contributed by atoms with E-state index in [9.17, 15) is 5.11 Å². The van der Waals surface area contributed by atoms with Crippen molar-refractivity contribution in [2.24, 2.45) is 17.3 Å². The molecular formula is C21H30ClNO. The summed E-state index contributed by atoms with van der Waals surface area (Å²) in [6.45, 7) is 4.63. The van der Waals surface area contributed by atoms with E-state index in [1.165, 1.54) is 24.8 Å². The number of nitrogens with one attached hydrogen (secondary N) is 1. The first-order chi connectivity index (χ1) is 11.4. The Morgan fingerprint density at radius 2 is 1.75 bits per heavy atom. The molecule has 2 unspecified atom stereocenters. The minimum Gasteiger partial charge on any atom is -0.390 e. The Bertz CT molecular complexity index is 584. The van der Waals surface area contributed by atoms with Crippen LogP contribution in [0.2, 0.25) is 5.02 Å². The van der Waals surface area contributed by atoms with Crippen molar-refractivity contribution < 1.29 is 5.11 Å². The van der Waals surface area contributed by atoms with Crippen molar-refractivity contribution in [3.05, 3.63) is 34.9 Å². The highest BCUT2D eigenvalue weighted by Gasteiger charge is 2.58. The van der Waals surface area contributed by atoms with Crippen LogP contribution in [0.4, 0.5) is 0 Å². The van der Waals surface area contributed by atoms with E-state index in [1.54, 1.807) is 0 Å². The number of benzene rings is 1. The first-order valence-electron chi connectivity index (χ1n) is 9.59. The van der Waals surface area contributed by atoms with Crippen LogP contribution in [-0.4, -0.2) is 22.8 Å². The van der Waals surface area contributed by atoms with Crippen molar-refractivity contribution in [1.29, 1.82) is 0 Å². The highest BCUT2D eigenvalue weighted by Crippen LogP contribution is 2.62. The molecule has 1 aromatic carbocycles. The molecule has 4 bridgehead atoms. The Labute approximate surface area is 151 Å². The lowest BCUT2D eigenvalue weighted by molar-refractivity contribution is -0.172. The molecule has 0 amide bonds. The van der Waals surface area contributed by atoms with Crippen molar-refractivity contribution >= 4 is 11.6 Å². The Balaban J connectivity index is 1.42. The monoisotopic (exact) mass is 347 g/mol. The molecule has 0 saturated heterocycles. The van der Waals surface area contributed by atoms with Gasteiger partial charge < -0.3 is 10.4 Å². The summed E-state index contributed by atoms with van der Waals surface area (Å²) in [5.74, 6) is 1.51. The third-order valence-corrected chi connectivity index (χ3v) is 7.24. The molecule has 0 spiro atoms. The quantitative estimate of drug-likeness (QED) is 0.817. The number of halogens is 1. The first kappa shape index (κ1) is 16.9. The van der Waals surface area contributed by atoms with Crippen LogP contribution in [0.25, 0.3) is 0 Å². The van der Waals surface area contributed by atoms with Gasteiger partial charge in [-0.2, -0.15) is 0 Å². The van der Waals surface area contributed by atoms with E-state index in [0.717, 1.165) is 42.5 Å². The van der Waals surface area contributed by atoms with E-state index in [-0.39, 0.29) is 5.60 Å². The second-order valence-electron chi connectivity index (χ2n) is 9.17. The topological polar surface area (TPSA) is 32.3 Å². The maximum Gasteiger partial charge on any atom is 0.0659 e. The largest absolute Gasteiger partial charge is 0.390 e. The van der Waals surface area contributed by atoms with Crippen LogP contribution in [0.1, 0.15) is 57.9 Å². The number of aliphatic hydroxyl groups is 1. The smallest absolute Gasteiger partial charge is 0.0659 e. The lowest BCUT2D eigenvalue weighted by Gasteiger charge is -2.62. The highest BCUT2D eigenvalue weighted by molar-refractivity contribution is 6.30. The van der Waals surface area contributed by atoms with E-state index in [1.807, 2.05) is 12.1 Å². The van der Waals surface area contributed by atoms with Gasteiger partial charge in [0.05, 0.1) is 5.60 Å². The summed E-state index contributed by atoms with van der Waals surface area (Å²) in [4.78, 5) is 0. The van der Waals surface area contributed by atoms with Crippen molar-refractivity contribution in [2.75, 3.05) is 0 Å². The van der Waals surface area contributed by atoms with Gasteiger partial charge in [-0.15, -0.1) is 0 Å². The predicted octanol–water partition coefficient (Wildman–Crippen LogP) is 4.58. The van der Waals surface area contributed by atoms with Crippen LogP contribution in [0.5, 0.6) is 0 Å². The van der Waals surface area contributed by atoms with Gasteiger partial charge in [-0.3, -0.25) is 0 Å². The van der Waals surface area contributed by atoms with Gasteiger partial charge in [0, 0.05) is 17.1 Å². The van der Waals surface area contributed by atoms with Crippen LogP contribution < -0.4 is 5.32 Å². The molecule has 2 N–H and O–H groups in total. The van der Waals surface area contributed by atoms with Crippen LogP contribution >= 0.6 is 11.6 Å². The van der Waals surface area contributed by atoms with E-state index >= 15 is 0 Å². The highest BCUT2D eigenvalue weighted by atomic mass is 35.5. The van der Waals surface area contributed by atoms with Gasteiger partial charge in [-0.05, 0) is 93.7 Å². The van der Waals surface area contributed by atoms with Crippen molar-refractivity contribution in [2.45, 2.75) is 76.5 Å². The molecule has 4 aliphatic rings. The fourth-order valence-corrected chi connectivity index (χ4v) is 6.55. The number of rotatable bonds is 5. The second-order valence-corrected chi connectivity index (χ2v) is 9.60. The molecule has 4 saturated carbocycles.